The molecular weight excluding hydrogens is 668 g/mol. The summed E-state index contributed by atoms with van der Waals surface area (Å²) in [6.45, 7) is 8.73. The second-order valence-corrected chi connectivity index (χ2v) is 14.2. The number of ether oxygens (including phenoxy) is 2. The topological polar surface area (TPSA) is 175 Å². The van der Waals surface area contributed by atoms with Crippen LogP contribution in [0.5, 0.6) is 0 Å². The number of carbonyl (C=O) groups excluding carboxylic acids is 6. The summed E-state index contributed by atoms with van der Waals surface area (Å²) < 4.78 is 9.34. The van der Waals surface area contributed by atoms with Gasteiger partial charge in [-0.1, -0.05) is 39.8 Å². The smallest absolute Gasteiger partial charge is 0.407 e. The number of fused-ring (bicyclic) bond motifs is 2. The molecule has 2 aliphatic heterocycles. The van der Waals surface area contributed by atoms with E-state index in [1.807, 2.05) is 76.2 Å². The van der Waals surface area contributed by atoms with Crippen LogP contribution in [-0.2, 0) is 28.7 Å². The van der Waals surface area contributed by atoms with Crippen molar-refractivity contribution in [3.8, 4) is 0 Å². The van der Waals surface area contributed by atoms with Gasteiger partial charge in [0.1, 0.15) is 12.1 Å². The summed E-state index contributed by atoms with van der Waals surface area (Å²) in [7, 11) is 2.50. The number of alkyl carbamates (subject to hydrolysis) is 2. The van der Waals surface area contributed by atoms with Crippen LogP contribution in [0, 0.1) is 23.7 Å². The van der Waals surface area contributed by atoms with Crippen LogP contribution >= 0.6 is 0 Å². The number of amides is 6. The summed E-state index contributed by atoms with van der Waals surface area (Å²) in [6.07, 6.45) is -0.315. The highest BCUT2D eigenvalue weighted by molar-refractivity contribution is 6.03. The molecule has 0 unspecified atom stereocenters. The number of hydrogen-bond acceptors (Lipinski definition) is 8. The Hall–Kier alpha value is -5.40. The lowest BCUT2D eigenvalue weighted by Crippen LogP contribution is -2.50. The van der Waals surface area contributed by atoms with Gasteiger partial charge in [0.05, 0.1) is 26.1 Å². The van der Waals surface area contributed by atoms with Gasteiger partial charge in [-0.25, -0.2) is 9.59 Å². The number of nitrogens with one attached hydrogen (secondary N) is 4. The fourth-order valence-corrected chi connectivity index (χ4v) is 6.78. The minimum absolute atomic E-state index is 0.150. The van der Waals surface area contributed by atoms with Gasteiger partial charge < -0.3 is 40.5 Å². The molecule has 2 fully saturated rings. The van der Waals surface area contributed by atoms with E-state index >= 15 is 0 Å². The highest BCUT2D eigenvalue weighted by atomic mass is 16.5. The number of anilines is 2. The predicted octanol–water partition coefficient (Wildman–Crippen LogP) is 4.33. The van der Waals surface area contributed by atoms with E-state index in [1.165, 1.54) is 14.2 Å². The van der Waals surface area contributed by atoms with Crippen molar-refractivity contribution in [3.63, 3.8) is 0 Å². The second kappa shape index (κ2) is 16.3. The molecule has 14 heteroatoms. The van der Waals surface area contributed by atoms with Crippen molar-refractivity contribution in [2.75, 3.05) is 51.0 Å². The minimum atomic E-state index is -0.741. The fourth-order valence-electron chi connectivity index (χ4n) is 6.78. The van der Waals surface area contributed by atoms with E-state index in [-0.39, 0.29) is 60.4 Å². The monoisotopic (exact) mass is 716 g/mol. The van der Waals surface area contributed by atoms with Crippen LogP contribution in [0.15, 0.2) is 48.5 Å². The first-order valence-corrected chi connectivity index (χ1v) is 17.6. The van der Waals surface area contributed by atoms with Gasteiger partial charge in [0.15, 0.2) is 0 Å². The van der Waals surface area contributed by atoms with Gasteiger partial charge in [-0.3, -0.25) is 19.2 Å². The van der Waals surface area contributed by atoms with Crippen molar-refractivity contribution in [2.45, 2.75) is 52.6 Å². The molecule has 3 aromatic carbocycles. The number of carbonyl (C=O) groups is 6. The molecule has 2 heterocycles. The van der Waals surface area contributed by atoms with Crippen LogP contribution in [-0.4, -0.2) is 98.1 Å². The number of likely N-dealkylation sites (tertiary alicyclic amines) is 2. The first-order chi connectivity index (χ1) is 24.8. The third kappa shape index (κ3) is 8.72. The SMILES string of the molecule is COC(=O)N[C@H](C(=O)N1CC[C@H](C(=O)Nc2ccc3cc4cc(NC(=O)[C@H]5CCN(C(=O)[C@@H](NC(=O)OC)C(C)C)C5)ccc4cc3c2)C1)C(C)C. The van der Waals surface area contributed by atoms with E-state index in [2.05, 4.69) is 30.7 Å². The molecule has 0 bridgehead atoms. The van der Waals surface area contributed by atoms with E-state index in [1.54, 1.807) is 9.80 Å². The minimum Gasteiger partial charge on any atom is -0.453 e. The fraction of sp³-hybridized carbons (Fsp3) is 0.474. The van der Waals surface area contributed by atoms with Crippen molar-refractivity contribution in [1.82, 2.24) is 20.4 Å². The lowest BCUT2D eigenvalue weighted by molar-refractivity contribution is -0.134. The molecule has 5 rings (SSSR count). The first-order valence-electron chi connectivity index (χ1n) is 17.6. The molecule has 2 aliphatic rings. The average Bonchev–Trinajstić information content (AvgIpc) is 3.82. The van der Waals surface area contributed by atoms with Gasteiger partial charge in [0.25, 0.3) is 0 Å². The van der Waals surface area contributed by atoms with Crippen LogP contribution in [0.3, 0.4) is 0 Å². The van der Waals surface area contributed by atoms with Crippen molar-refractivity contribution in [1.29, 1.82) is 0 Å². The maximum Gasteiger partial charge on any atom is 0.407 e. The Balaban J connectivity index is 1.19. The molecule has 4 atom stereocenters. The summed E-state index contributed by atoms with van der Waals surface area (Å²) in [4.78, 5) is 79.5. The molecule has 0 radical (unpaired) electrons. The standard InChI is InChI=1S/C38H48N6O8/c1-21(2)31(41-37(49)51-5)35(47)43-13-11-25(19-43)33(45)39-29-9-7-23-16-28-18-30(10-8-24(28)15-27(23)17-29)40-34(46)26-12-14-44(20-26)36(48)32(22(3)4)42-38(50)52-6/h7-10,15-18,21-22,25-26,31-32H,11-14,19-20H2,1-6H3,(H,39,45)(H,40,46)(H,41,49)(H,42,50)/t25-,26-,31-,32-/m0/s1. The summed E-state index contributed by atoms with van der Waals surface area (Å²) in [6, 6.07) is 13.9. The zero-order valence-electron chi connectivity index (χ0n) is 30.5. The van der Waals surface area contributed by atoms with Crippen molar-refractivity contribution in [3.05, 3.63) is 48.5 Å². The van der Waals surface area contributed by atoms with Crippen LogP contribution in [0.2, 0.25) is 0 Å². The van der Waals surface area contributed by atoms with E-state index in [0.717, 1.165) is 21.5 Å². The Morgan fingerprint density at radius 3 is 1.33 bits per heavy atom. The van der Waals surface area contributed by atoms with Crippen LogP contribution in [0.1, 0.15) is 40.5 Å². The maximum absolute atomic E-state index is 13.2. The van der Waals surface area contributed by atoms with Crippen molar-refractivity contribution < 1.29 is 38.2 Å². The Labute approximate surface area is 302 Å². The second-order valence-electron chi connectivity index (χ2n) is 14.2. The number of rotatable bonds is 10. The van der Waals surface area contributed by atoms with Crippen molar-refractivity contribution in [2.24, 2.45) is 23.7 Å². The zero-order valence-corrected chi connectivity index (χ0v) is 30.5. The molecule has 0 aliphatic carbocycles. The molecule has 4 N–H and O–H groups in total. The lowest BCUT2D eigenvalue weighted by Gasteiger charge is -2.26. The van der Waals surface area contributed by atoms with E-state index < -0.39 is 24.3 Å². The Morgan fingerprint density at radius 1 is 0.596 bits per heavy atom. The number of benzene rings is 3. The summed E-state index contributed by atoms with van der Waals surface area (Å²) in [5.41, 5.74) is 1.28. The third-order valence-electron chi connectivity index (χ3n) is 9.86. The molecule has 0 saturated carbocycles. The third-order valence-corrected chi connectivity index (χ3v) is 9.86. The highest BCUT2D eigenvalue weighted by Crippen LogP contribution is 2.29. The van der Waals surface area contributed by atoms with E-state index in [0.29, 0.717) is 37.3 Å². The van der Waals surface area contributed by atoms with Gasteiger partial charge in [-0.15, -0.1) is 0 Å². The number of methoxy groups -OCH3 is 2. The number of hydrogen-bond donors (Lipinski definition) is 4. The molecule has 278 valence electrons. The first kappa shape index (κ1) is 37.8. The van der Waals surface area contributed by atoms with E-state index in [4.69, 9.17) is 0 Å². The lowest BCUT2D eigenvalue weighted by atomic mass is 10.0. The zero-order chi connectivity index (χ0) is 37.7. The molecule has 0 aromatic heterocycles. The van der Waals surface area contributed by atoms with Gasteiger partial charge >= 0.3 is 12.2 Å². The van der Waals surface area contributed by atoms with Gasteiger partial charge in [0.2, 0.25) is 23.6 Å². The highest BCUT2D eigenvalue weighted by Gasteiger charge is 2.37. The van der Waals surface area contributed by atoms with Gasteiger partial charge in [0, 0.05) is 37.6 Å². The summed E-state index contributed by atoms with van der Waals surface area (Å²) in [5.74, 6) is -1.89. The normalized spacial score (nSPS) is 18.3. The summed E-state index contributed by atoms with van der Waals surface area (Å²) in [5, 5.41) is 15.0. The Bertz CT molecular complexity index is 1730. The average molecular weight is 717 g/mol. The van der Waals surface area contributed by atoms with Crippen LogP contribution in [0.25, 0.3) is 21.5 Å². The quantitative estimate of drug-likeness (QED) is 0.224. The maximum atomic E-state index is 13.2. The van der Waals surface area contributed by atoms with Crippen LogP contribution in [0.4, 0.5) is 21.0 Å². The largest absolute Gasteiger partial charge is 0.453 e. The molecule has 0 spiro atoms. The number of nitrogens with zero attached hydrogens (tertiary/aromatic N) is 2. The molecule has 3 aromatic rings. The molecular formula is C38H48N6O8. The Morgan fingerprint density at radius 2 is 0.981 bits per heavy atom. The summed E-state index contributed by atoms with van der Waals surface area (Å²) >= 11 is 0. The van der Waals surface area contributed by atoms with Gasteiger partial charge in [-0.2, -0.15) is 0 Å². The molecule has 52 heavy (non-hydrogen) atoms. The Kier molecular flexibility index (Phi) is 11.9. The van der Waals surface area contributed by atoms with E-state index in [9.17, 15) is 28.8 Å². The van der Waals surface area contributed by atoms with Crippen molar-refractivity contribution >= 4 is 68.7 Å². The van der Waals surface area contributed by atoms with Crippen LogP contribution < -0.4 is 21.3 Å². The molecule has 2 saturated heterocycles. The molecule has 6 amide bonds. The predicted molar refractivity (Wildman–Crippen MR) is 196 cm³/mol. The van der Waals surface area contributed by atoms with Gasteiger partial charge in [-0.05, 0) is 82.6 Å². The molecule has 14 nitrogen and oxygen atoms in total.